The van der Waals surface area contributed by atoms with Gasteiger partial charge in [-0.3, -0.25) is 0 Å². The lowest BCUT2D eigenvalue weighted by Gasteiger charge is -2.08. The van der Waals surface area contributed by atoms with E-state index in [-0.39, 0.29) is 33.2 Å². The zero-order chi connectivity index (χ0) is 15.6. The molecule has 1 aromatic carbocycles. The van der Waals surface area contributed by atoms with E-state index in [4.69, 9.17) is 43.1 Å². The fraction of sp³-hybridized carbons (Fsp3) is 0.273. The molecule has 2 aromatic rings. The van der Waals surface area contributed by atoms with Crippen LogP contribution in [0.3, 0.4) is 0 Å². The maximum absolute atomic E-state index is 11.3. The SMILES string of the molecule is CCc1noc(COc2cc(Cl)c(S(=O)(=O)Cl)cc2Cl)n1. The monoisotopic (exact) mass is 370 g/mol. The first-order valence-corrected chi connectivity index (χ1v) is 8.75. The highest BCUT2D eigenvalue weighted by molar-refractivity contribution is 8.13. The van der Waals surface area contributed by atoms with Crippen LogP contribution in [-0.2, 0) is 22.1 Å². The van der Waals surface area contributed by atoms with Crippen molar-refractivity contribution in [3.63, 3.8) is 0 Å². The van der Waals surface area contributed by atoms with Crippen molar-refractivity contribution >= 4 is 42.9 Å². The standard InChI is InChI=1S/C11H9Cl3N2O4S/c1-2-10-15-11(20-16-10)5-19-8-3-7(13)9(4-6(8)12)21(14,17)18/h3-4H,2,5H2,1H3. The second-order valence-electron chi connectivity index (χ2n) is 3.90. The van der Waals surface area contributed by atoms with Crippen molar-refractivity contribution in [2.45, 2.75) is 24.8 Å². The van der Waals surface area contributed by atoms with Crippen LogP contribution in [0.25, 0.3) is 0 Å². The summed E-state index contributed by atoms with van der Waals surface area (Å²) in [6, 6.07) is 2.38. The van der Waals surface area contributed by atoms with Gasteiger partial charge < -0.3 is 9.26 Å². The summed E-state index contributed by atoms with van der Waals surface area (Å²) in [5, 5.41) is 3.67. The molecule has 0 N–H and O–H groups in total. The molecule has 0 aliphatic carbocycles. The minimum atomic E-state index is -3.98. The van der Waals surface area contributed by atoms with Crippen LogP contribution in [0.1, 0.15) is 18.6 Å². The summed E-state index contributed by atoms with van der Waals surface area (Å²) in [6.45, 7) is 1.87. The van der Waals surface area contributed by atoms with Crippen molar-refractivity contribution in [1.29, 1.82) is 0 Å². The molecule has 10 heteroatoms. The van der Waals surface area contributed by atoms with E-state index in [2.05, 4.69) is 10.1 Å². The molecule has 0 saturated carbocycles. The molecule has 0 amide bonds. The predicted octanol–water partition coefficient (Wildman–Crippen LogP) is 3.45. The first-order valence-electron chi connectivity index (χ1n) is 5.69. The molecule has 0 fully saturated rings. The number of hydrogen-bond acceptors (Lipinski definition) is 6. The van der Waals surface area contributed by atoms with Crippen LogP contribution in [0.4, 0.5) is 0 Å². The number of ether oxygens (including phenoxy) is 1. The molecule has 6 nitrogen and oxygen atoms in total. The van der Waals surface area contributed by atoms with Crippen molar-refractivity contribution in [1.82, 2.24) is 10.1 Å². The highest BCUT2D eigenvalue weighted by Gasteiger charge is 2.18. The third kappa shape index (κ3) is 4.00. The second-order valence-corrected chi connectivity index (χ2v) is 7.25. The third-order valence-corrected chi connectivity index (χ3v) is 4.51. The number of halogens is 3. The molecular weight excluding hydrogens is 363 g/mol. The van der Waals surface area contributed by atoms with E-state index in [0.717, 1.165) is 6.07 Å². The summed E-state index contributed by atoms with van der Waals surface area (Å²) >= 11 is 11.8. The lowest BCUT2D eigenvalue weighted by Crippen LogP contribution is -1.99. The Balaban J connectivity index is 2.19. The normalized spacial score (nSPS) is 11.6. The van der Waals surface area contributed by atoms with Crippen molar-refractivity contribution < 1.29 is 17.7 Å². The van der Waals surface area contributed by atoms with Gasteiger partial charge in [0.15, 0.2) is 12.4 Å². The van der Waals surface area contributed by atoms with Gasteiger partial charge in [-0.2, -0.15) is 4.98 Å². The highest BCUT2D eigenvalue weighted by Crippen LogP contribution is 2.35. The predicted molar refractivity (Wildman–Crippen MR) is 77.5 cm³/mol. The second kappa shape index (κ2) is 6.39. The molecule has 114 valence electrons. The van der Waals surface area contributed by atoms with Gasteiger partial charge in [-0.05, 0) is 6.07 Å². The molecule has 0 radical (unpaired) electrons. The number of rotatable bonds is 5. The van der Waals surface area contributed by atoms with Crippen LogP contribution >= 0.6 is 33.9 Å². The maximum Gasteiger partial charge on any atom is 0.264 e. The highest BCUT2D eigenvalue weighted by atomic mass is 35.7. The van der Waals surface area contributed by atoms with E-state index in [1.807, 2.05) is 6.92 Å². The van der Waals surface area contributed by atoms with Gasteiger partial charge >= 0.3 is 0 Å². The Kier molecular flexibility index (Phi) is 4.98. The summed E-state index contributed by atoms with van der Waals surface area (Å²) in [7, 11) is 1.25. The molecule has 0 saturated heterocycles. The van der Waals surface area contributed by atoms with Gasteiger partial charge in [0, 0.05) is 23.2 Å². The summed E-state index contributed by atoms with van der Waals surface area (Å²) in [4.78, 5) is 3.77. The van der Waals surface area contributed by atoms with Crippen molar-refractivity contribution in [3.8, 4) is 5.75 Å². The van der Waals surface area contributed by atoms with Crippen LogP contribution in [-0.4, -0.2) is 18.6 Å². The fourth-order valence-corrected chi connectivity index (χ4v) is 3.23. The number of aryl methyl sites for hydroxylation is 1. The van der Waals surface area contributed by atoms with Gasteiger partial charge in [0.1, 0.15) is 10.6 Å². The first-order chi connectivity index (χ1) is 9.81. The third-order valence-electron chi connectivity index (χ3n) is 2.43. The Morgan fingerprint density at radius 1 is 1.29 bits per heavy atom. The molecule has 21 heavy (non-hydrogen) atoms. The molecule has 0 spiro atoms. The molecule has 0 aliphatic rings. The first kappa shape index (κ1) is 16.4. The topological polar surface area (TPSA) is 82.3 Å². The van der Waals surface area contributed by atoms with E-state index in [9.17, 15) is 8.42 Å². The summed E-state index contributed by atoms with van der Waals surface area (Å²) < 4.78 is 32.9. The number of benzene rings is 1. The van der Waals surface area contributed by atoms with Crippen LogP contribution in [0.5, 0.6) is 5.75 Å². The Hall–Kier alpha value is -1.02. The van der Waals surface area contributed by atoms with E-state index in [0.29, 0.717) is 12.2 Å². The Morgan fingerprint density at radius 2 is 2.00 bits per heavy atom. The van der Waals surface area contributed by atoms with Gasteiger partial charge in [0.05, 0.1) is 10.0 Å². The van der Waals surface area contributed by atoms with Crippen LogP contribution in [0.2, 0.25) is 10.0 Å². The summed E-state index contributed by atoms with van der Waals surface area (Å²) in [5.74, 6) is 1.01. The fourth-order valence-electron chi connectivity index (χ4n) is 1.44. The molecule has 2 rings (SSSR count). The number of aromatic nitrogens is 2. The van der Waals surface area contributed by atoms with E-state index < -0.39 is 9.05 Å². The molecule has 0 atom stereocenters. The average Bonchev–Trinajstić information content (AvgIpc) is 2.86. The average molecular weight is 372 g/mol. The van der Waals surface area contributed by atoms with Gasteiger partial charge in [-0.25, -0.2) is 8.42 Å². The zero-order valence-corrected chi connectivity index (χ0v) is 13.7. The lowest BCUT2D eigenvalue weighted by atomic mass is 10.3. The summed E-state index contributed by atoms with van der Waals surface area (Å²) in [6.07, 6.45) is 0.637. The zero-order valence-electron chi connectivity index (χ0n) is 10.6. The Labute approximate surface area is 135 Å². The largest absolute Gasteiger partial charge is 0.482 e. The van der Waals surface area contributed by atoms with Gasteiger partial charge in [-0.15, -0.1) is 0 Å². The Morgan fingerprint density at radius 3 is 2.57 bits per heavy atom. The van der Waals surface area contributed by atoms with Gasteiger partial charge in [0.2, 0.25) is 0 Å². The molecule has 0 unspecified atom stereocenters. The molecule has 0 bridgehead atoms. The van der Waals surface area contributed by atoms with Crippen LogP contribution in [0, 0.1) is 0 Å². The van der Waals surface area contributed by atoms with Crippen molar-refractivity contribution in [2.75, 3.05) is 0 Å². The van der Waals surface area contributed by atoms with Crippen molar-refractivity contribution in [3.05, 3.63) is 33.9 Å². The summed E-state index contributed by atoms with van der Waals surface area (Å²) in [5.41, 5.74) is 0. The van der Waals surface area contributed by atoms with Crippen molar-refractivity contribution in [2.24, 2.45) is 0 Å². The molecule has 1 aromatic heterocycles. The van der Waals surface area contributed by atoms with Gasteiger partial charge in [0.25, 0.3) is 14.9 Å². The quantitative estimate of drug-likeness (QED) is 0.749. The molecule has 0 aliphatic heterocycles. The molecular formula is C11H9Cl3N2O4S. The van der Waals surface area contributed by atoms with E-state index in [1.165, 1.54) is 6.07 Å². The van der Waals surface area contributed by atoms with E-state index in [1.54, 1.807) is 0 Å². The minimum absolute atomic E-state index is 0.0178. The maximum atomic E-state index is 11.3. The Bertz CT molecular complexity index is 761. The number of nitrogens with zero attached hydrogens (tertiary/aromatic N) is 2. The smallest absolute Gasteiger partial charge is 0.264 e. The minimum Gasteiger partial charge on any atom is -0.482 e. The number of hydrogen-bond donors (Lipinski definition) is 0. The van der Waals surface area contributed by atoms with E-state index >= 15 is 0 Å². The van der Waals surface area contributed by atoms with Crippen LogP contribution in [0.15, 0.2) is 21.6 Å². The lowest BCUT2D eigenvalue weighted by molar-refractivity contribution is 0.242. The molecule has 1 heterocycles. The van der Waals surface area contributed by atoms with Gasteiger partial charge in [-0.1, -0.05) is 35.3 Å². The van der Waals surface area contributed by atoms with Crippen LogP contribution < -0.4 is 4.74 Å².